The Labute approximate surface area is 332 Å². The van der Waals surface area contributed by atoms with Gasteiger partial charge in [0.25, 0.3) is 0 Å². The highest BCUT2D eigenvalue weighted by Crippen LogP contribution is 2.58. The van der Waals surface area contributed by atoms with Crippen molar-refractivity contribution < 1.29 is 4.42 Å². The summed E-state index contributed by atoms with van der Waals surface area (Å²) >= 11 is 0. The van der Waals surface area contributed by atoms with Crippen LogP contribution in [0.2, 0.25) is 0 Å². The van der Waals surface area contributed by atoms with Crippen LogP contribution < -0.4 is 4.90 Å². The standard InChI is InChI=1S/C55H37NO/c1-4-17-38(18-5-1)40-21-14-25-43(35-40)56(44-26-15-22-41(36-44)39-19-6-2-7-20-39)45-33-34-52-48(37-45)54-51(31-16-32-53(54)57-52)55(42-23-8-3-9-24-42)49-29-12-10-27-46(49)47-28-11-13-30-50(47)55/h1-37H. The Kier molecular flexibility index (Phi) is 7.75. The van der Waals surface area contributed by atoms with E-state index in [2.05, 4.69) is 229 Å². The van der Waals surface area contributed by atoms with E-state index in [4.69, 9.17) is 4.42 Å². The molecule has 0 fully saturated rings. The first-order chi connectivity index (χ1) is 28.3. The van der Waals surface area contributed by atoms with Crippen molar-refractivity contribution in [2.75, 3.05) is 4.90 Å². The molecule has 1 aliphatic rings. The van der Waals surface area contributed by atoms with Gasteiger partial charge in [-0.2, -0.15) is 0 Å². The van der Waals surface area contributed by atoms with Gasteiger partial charge in [-0.15, -0.1) is 0 Å². The summed E-state index contributed by atoms with van der Waals surface area (Å²) in [6, 6.07) is 81.1. The molecule has 0 atom stereocenters. The maximum Gasteiger partial charge on any atom is 0.135 e. The highest BCUT2D eigenvalue weighted by atomic mass is 16.3. The molecule has 0 unspecified atom stereocenters. The molecule has 0 amide bonds. The summed E-state index contributed by atoms with van der Waals surface area (Å²) in [7, 11) is 0. The van der Waals surface area contributed by atoms with E-state index in [9.17, 15) is 0 Å². The van der Waals surface area contributed by atoms with Crippen molar-refractivity contribution >= 4 is 39.0 Å². The number of hydrogen-bond acceptors (Lipinski definition) is 2. The third-order valence-electron chi connectivity index (χ3n) is 11.7. The van der Waals surface area contributed by atoms with Gasteiger partial charge in [0.1, 0.15) is 11.2 Å². The largest absolute Gasteiger partial charge is 0.456 e. The van der Waals surface area contributed by atoms with Crippen LogP contribution in [-0.2, 0) is 5.41 Å². The molecule has 9 aromatic carbocycles. The molecule has 2 nitrogen and oxygen atoms in total. The van der Waals surface area contributed by atoms with Crippen molar-refractivity contribution in [1.29, 1.82) is 0 Å². The van der Waals surface area contributed by atoms with Crippen LogP contribution in [0.4, 0.5) is 17.1 Å². The predicted octanol–water partition coefficient (Wildman–Crippen LogP) is 14.8. The maximum atomic E-state index is 6.79. The molecule has 2 heteroatoms. The van der Waals surface area contributed by atoms with E-state index < -0.39 is 5.41 Å². The normalized spacial score (nSPS) is 12.7. The van der Waals surface area contributed by atoms with Crippen LogP contribution in [0, 0.1) is 0 Å². The molecule has 1 aliphatic carbocycles. The van der Waals surface area contributed by atoms with Gasteiger partial charge in [0.2, 0.25) is 0 Å². The molecule has 0 spiro atoms. The Bertz CT molecular complexity index is 2940. The molecule has 1 heterocycles. The minimum atomic E-state index is -0.561. The Morgan fingerprint density at radius 1 is 0.333 bits per heavy atom. The highest BCUT2D eigenvalue weighted by Gasteiger charge is 2.47. The Morgan fingerprint density at radius 3 is 1.40 bits per heavy atom. The van der Waals surface area contributed by atoms with Crippen molar-refractivity contribution in [2.45, 2.75) is 5.41 Å². The molecular formula is C55H37NO. The molecular weight excluding hydrogens is 691 g/mol. The fraction of sp³-hybridized carbons (Fsp3) is 0.0182. The van der Waals surface area contributed by atoms with Crippen molar-refractivity contribution in [2.24, 2.45) is 0 Å². The van der Waals surface area contributed by atoms with E-state index in [-0.39, 0.29) is 0 Å². The van der Waals surface area contributed by atoms with Crippen molar-refractivity contribution in [3.05, 3.63) is 247 Å². The van der Waals surface area contributed by atoms with Gasteiger partial charge in [-0.25, -0.2) is 0 Å². The van der Waals surface area contributed by atoms with Gasteiger partial charge >= 0.3 is 0 Å². The number of nitrogens with zero attached hydrogens (tertiary/aromatic N) is 1. The monoisotopic (exact) mass is 727 g/mol. The Morgan fingerprint density at radius 2 is 0.807 bits per heavy atom. The number of hydrogen-bond donors (Lipinski definition) is 0. The Balaban J connectivity index is 1.18. The smallest absolute Gasteiger partial charge is 0.135 e. The lowest BCUT2D eigenvalue weighted by molar-refractivity contribution is 0.667. The van der Waals surface area contributed by atoms with Crippen LogP contribution in [-0.4, -0.2) is 0 Å². The summed E-state index contributed by atoms with van der Waals surface area (Å²) in [6.07, 6.45) is 0. The number of rotatable bonds is 7. The fourth-order valence-electron chi connectivity index (χ4n) is 9.30. The lowest BCUT2D eigenvalue weighted by Gasteiger charge is -2.34. The summed E-state index contributed by atoms with van der Waals surface area (Å²) in [6.45, 7) is 0. The minimum Gasteiger partial charge on any atom is -0.456 e. The SMILES string of the molecule is c1ccc(-c2cccc(N(c3cccc(-c4ccccc4)c3)c3ccc4oc5cccc(C6(c7ccccc7)c7ccccc7-c7ccccc76)c5c4c3)c2)cc1. The average molecular weight is 728 g/mol. The van der Waals surface area contributed by atoms with E-state index in [1.54, 1.807) is 0 Å². The van der Waals surface area contributed by atoms with Crippen LogP contribution in [0.3, 0.4) is 0 Å². The number of fused-ring (bicyclic) bond motifs is 6. The quantitative estimate of drug-likeness (QED) is 0.163. The second-order valence-electron chi connectivity index (χ2n) is 14.8. The van der Waals surface area contributed by atoms with Crippen molar-refractivity contribution in [3.8, 4) is 33.4 Å². The van der Waals surface area contributed by atoms with Gasteiger partial charge in [0.15, 0.2) is 0 Å². The van der Waals surface area contributed by atoms with Gasteiger partial charge in [-0.3, -0.25) is 0 Å². The zero-order valence-electron chi connectivity index (χ0n) is 31.2. The van der Waals surface area contributed by atoms with Crippen LogP contribution in [0.1, 0.15) is 22.3 Å². The van der Waals surface area contributed by atoms with E-state index >= 15 is 0 Å². The maximum absolute atomic E-state index is 6.79. The topological polar surface area (TPSA) is 16.4 Å². The molecule has 0 bridgehead atoms. The molecule has 1 aromatic heterocycles. The summed E-state index contributed by atoms with van der Waals surface area (Å²) < 4.78 is 6.79. The van der Waals surface area contributed by atoms with Gasteiger partial charge in [-0.1, -0.05) is 176 Å². The molecule has 11 rings (SSSR count). The first kappa shape index (κ1) is 33.0. The number of anilines is 3. The van der Waals surface area contributed by atoms with Crippen molar-refractivity contribution in [1.82, 2.24) is 0 Å². The molecule has 57 heavy (non-hydrogen) atoms. The van der Waals surface area contributed by atoms with Gasteiger partial charge in [0, 0.05) is 27.8 Å². The Hall–Kier alpha value is -7.42. The summed E-state index contributed by atoms with van der Waals surface area (Å²) in [5, 5.41) is 2.21. The van der Waals surface area contributed by atoms with E-state index in [1.165, 1.54) is 44.5 Å². The molecule has 268 valence electrons. The lowest BCUT2D eigenvalue weighted by atomic mass is 9.66. The van der Waals surface area contributed by atoms with Crippen LogP contribution in [0.5, 0.6) is 0 Å². The first-order valence-electron chi connectivity index (χ1n) is 19.6. The second-order valence-corrected chi connectivity index (χ2v) is 14.8. The number of furan rings is 1. The molecule has 10 aromatic rings. The predicted molar refractivity (Wildman–Crippen MR) is 237 cm³/mol. The zero-order valence-corrected chi connectivity index (χ0v) is 31.2. The van der Waals surface area contributed by atoms with Crippen molar-refractivity contribution in [3.63, 3.8) is 0 Å². The second kappa shape index (κ2) is 13.4. The number of benzene rings is 9. The van der Waals surface area contributed by atoms with E-state index in [0.29, 0.717) is 0 Å². The summed E-state index contributed by atoms with van der Waals surface area (Å²) in [4.78, 5) is 2.38. The fourth-order valence-corrected chi connectivity index (χ4v) is 9.30. The van der Waals surface area contributed by atoms with Gasteiger partial charge in [-0.05, 0) is 104 Å². The summed E-state index contributed by atoms with van der Waals surface area (Å²) in [5.41, 5.74) is 16.6. The first-order valence-corrected chi connectivity index (χ1v) is 19.6. The third kappa shape index (κ3) is 5.26. The zero-order chi connectivity index (χ0) is 37.8. The molecule has 0 aliphatic heterocycles. The van der Waals surface area contributed by atoms with Gasteiger partial charge in [0.05, 0.1) is 5.41 Å². The molecule has 0 N–H and O–H groups in total. The van der Waals surface area contributed by atoms with Crippen LogP contribution >= 0.6 is 0 Å². The minimum absolute atomic E-state index is 0.561. The van der Waals surface area contributed by atoms with E-state index in [0.717, 1.165) is 50.1 Å². The summed E-state index contributed by atoms with van der Waals surface area (Å²) in [5.74, 6) is 0. The molecule has 0 saturated carbocycles. The van der Waals surface area contributed by atoms with Gasteiger partial charge < -0.3 is 9.32 Å². The van der Waals surface area contributed by atoms with E-state index in [1.807, 2.05) is 0 Å². The van der Waals surface area contributed by atoms with Crippen LogP contribution in [0.15, 0.2) is 229 Å². The molecule has 0 radical (unpaired) electrons. The highest BCUT2D eigenvalue weighted by molar-refractivity contribution is 6.10. The lowest BCUT2D eigenvalue weighted by Crippen LogP contribution is -2.28. The third-order valence-corrected chi connectivity index (χ3v) is 11.7. The molecule has 0 saturated heterocycles. The van der Waals surface area contributed by atoms with Crippen LogP contribution in [0.25, 0.3) is 55.3 Å². The average Bonchev–Trinajstić information content (AvgIpc) is 3.81.